The molecule has 33 heavy (non-hydrogen) atoms. The van der Waals surface area contributed by atoms with Crippen molar-refractivity contribution in [1.29, 1.82) is 0 Å². The van der Waals surface area contributed by atoms with Crippen molar-refractivity contribution in [2.24, 2.45) is 0 Å². The Morgan fingerprint density at radius 1 is 0.818 bits per heavy atom. The topological polar surface area (TPSA) is 86.7 Å². The van der Waals surface area contributed by atoms with Gasteiger partial charge in [0.15, 0.2) is 9.84 Å². The maximum absolute atomic E-state index is 13.2. The van der Waals surface area contributed by atoms with E-state index in [1.54, 1.807) is 24.3 Å². The first-order valence-electron chi connectivity index (χ1n) is 11.1. The molecular formula is C26H32O6S. The Labute approximate surface area is 196 Å². The Hall–Kier alpha value is -2.93. The molecule has 0 N–H and O–H groups in total. The van der Waals surface area contributed by atoms with Gasteiger partial charge < -0.3 is 9.47 Å². The van der Waals surface area contributed by atoms with Gasteiger partial charge >= 0.3 is 11.9 Å². The molecule has 7 heteroatoms. The molecule has 2 aromatic carbocycles. The monoisotopic (exact) mass is 472 g/mol. The standard InChI is InChI=1S/C26H32O6S/c1-4-5-6-7-11-18-31-26(28)25(22-12-9-8-10-13-22)24(19-32-20(2)27)21-14-16-23(17-15-21)33(3,29)30/h8-10,12-17H,4-7,11,18-19H2,1-3H3/b25-24+. The maximum Gasteiger partial charge on any atom is 0.339 e. The molecule has 2 aromatic rings. The zero-order valence-electron chi connectivity index (χ0n) is 19.5. The van der Waals surface area contributed by atoms with E-state index < -0.39 is 21.8 Å². The second-order valence-electron chi connectivity index (χ2n) is 7.85. The fraction of sp³-hybridized carbons (Fsp3) is 0.385. The third-order valence-corrected chi connectivity index (χ3v) is 6.23. The minimum absolute atomic E-state index is 0.149. The molecule has 0 spiro atoms. The van der Waals surface area contributed by atoms with Gasteiger partial charge in [-0.05, 0) is 29.7 Å². The van der Waals surface area contributed by atoms with E-state index >= 15 is 0 Å². The molecule has 0 aliphatic rings. The smallest absolute Gasteiger partial charge is 0.339 e. The molecule has 0 atom stereocenters. The summed E-state index contributed by atoms with van der Waals surface area (Å²) < 4.78 is 34.5. The second-order valence-corrected chi connectivity index (χ2v) is 9.86. The summed E-state index contributed by atoms with van der Waals surface area (Å²) in [5.74, 6) is -0.997. The lowest BCUT2D eigenvalue weighted by molar-refractivity contribution is -0.140. The van der Waals surface area contributed by atoms with Crippen LogP contribution in [0.2, 0.25) is 0 Å². The van der Waals surface area contributed by atoms with Crippen LogP contribution in [-0.4, -0.2) is 39.8 Å². The SMILES string of the molecule is CCCCCCCOC(=O)/C(=C(\COC(C)=O)c1ccc(S(C)(=O)=O)cc1)c1ccccc1. The largest absolute Gasteiger partial charge is 0.462 e. The fourth-order valence-corrected chi connectivity index (χ4v) is 3.97. The van der Waals surface area contributed by atoms with Crippen LogP contribution in [0.1, 0.15) is 57.1 Å². The van der Waals surface area contributed by atoms with Gasteiger partial charge in [0, 0.05) is 18.8 Å². The van der Waals surface area contributed by atoms with Gasteiger partial charge in [-0.2, -0.15) is 0 Å². The number of unbranched alkanes of at least 4 members (excludes halogenated alkanes) is 4. The second kappa shape index (κ2) is 12.9. The molecule has 0 aromatic heterocycles. The van der Waals surface area contributed by atoms with Gasteiger partial charge in [0.05, 0.1) is 17.1 Å². The van der Waals surface area contributed by atoms with Gasteiger partial charge in [0.2, 0.25) is 0 Å². The molecule has 0 heterocycles. The van der Waals surface area contributed by atoms with Crippen LogP contribution < -0.4 is 0 Å². The summed E-state index contributed by atoms with van der Waals surface area (Å²) >= 11 is 0. The van der Waals surface area contributed by atoms with Gasteiger partial charge in [-0.1, -0.05) is 75.1 Å². The van der Waals surface area contributed by atoms with Crippen molar-refractivity contribution in [2.75, 3.05) is 19.5 Å². The summed E-state index contributed by atoms with van der Waals surface area (Å²) in [6.45, 7) is 3.58. The third-order valence-electron chi connectivity index (χ3n) is 5.10. The first-order chi connectivity index (χ1) is 15.7. The number of hydrogen-bond donors (Lipinski definition) is 0. The molecule has 6 nitrogen and oxygen atoms in total. The predicted molar refractivity (Wildman–Crippen MR) is 129 cm³/mol. The summed E-state index contributed by atoms with van der Waals surface area (Å²) in [6, 6.07) is 15.2. The van der Waals surface area contributed by atoms with Gasteiger partial charge in [-0.3, -0.25) is 4.79 Å². The van der Waals surface area contributed by atoms with Crippen molar-refractivity contribution in [3.05, 3.63) is 65.7 Å². The molecule has 0 fully saturated rings. The van der Waals surface area contributed by atoms with Crippen molar-refractivity contribution in [3.63, 3.8) is 0 Å². The van der Waals surface area contributed by atoms with Gasteiger partial charge in [-0.15, -0.1) is 0 Å². The highest BCUT2D eigenvalue weighted by Crippen LogP contribution is 2.29. The molecule has 0 amide bonds. The van der Waals surface area contributed by atoms with E-state index in [9.17, 15) is 18.0 Å². The highest BCUT2D eigenvalue weighted by atomic mass is 32.2. The molecular weight excluding hydrogens is 440 g/mol. The quantitative estimate of drug-likeness (QED) is 0.185. The summed E-state index contributed by atoms with van der Waals surface area (Å²) in [4.78, 5) is 24.9. The number of rotatable bonds is 12. The summed E-state index contributed by atoms with van der Waals surface area (Å²) in [7, 11) is -3.37. The van der Waals surface area contributed by atoms with Crippen LogP contribution in [0, 0.1) is 0 Å². The first kappa shape index (κ1) is 26.3. The van der Waals surface area contributed by atoms with E-state index in [1.807, 2.05) is 18.2 Å². The Morgan fingerprint density at radius 2 is 1.45 bits per heavy atom. The van der Waals surface area contributed by atoms with E-state index in [0.29, 0.717) is 23.3 Å². The number of carbonyl (C=O) groups excluding carboxylic acids is 2. The van der Waals surface area contributed by atoms with Crippen molar-refractivity contribution in [1.82, 2.24) is 0 Å². The summed E-state index contributed by atoms with van der Waals surface area (Å²) in [6.07, 6.45) is 6.27. The lowest BCUT2D eigenvalue weighted by atomic mass is 9.95. The molecule has 0 aliphatic heterocycles. The van der Waals surface area contributed by atoms with E-state index in [1.165, 1.54) is 19.1 Å². The van der Waals surface area contributed by atoms with Crippen molar-refractivity contribution >= 4 is 32.9 Å². The van der Waals surface area contributed by atoms with Crippen LogP contribution in [0.15, 0.2) is 59.5 Å². The van der Waals surface area contributed by atoms with Gasteiger partial charge in [0.1, 0.15) is 6.61 Å². The van der Waals surface area contributed by atoms with E-state index in [-0.39, 0.29) is 17.1 Å². The lowest BCUT2D eigenvalue weighted by Gasteiger charge is -2.16. The van der Waals surface area contributed by atoms with Crippen LogP contribution >= 0.6 is 0 Å². The molecule has 0 bridgehead atoms. The van der Waals surface area contributed by atoms with Gasteiger partial charge in [-0.25, -0.2) is 13.2 Å². The van der Waals surface area contributed by atoms with Crippen LogP contribution in [0.25, 0.3) is 11.1 Å². The molecule has 2 rings (SSSR count). The maximum atomic E-state index is 13.2. The summed E-state index contributed by atoms with van der Waals surface area (Å²) in [5, 5.41) is 0. The van der Waals surface area contributed by atoms with Gasteiger partial charge in [0.25, 0.3) is 0 Å². The molecule has 178 valence electrons. The minimum atomic E-state index is -3.37. The normalized spacial score (nSPS) is 12.1. The van der Waals surface area contributed by atoms with Crippen LogP contribution in [0.3, 0.4) is 0 Å². The zero-order chi connectivity index (χ0) is 24.3. The third kappa shape index (κ3) is 8.50. The Morgan fingerprint density at radius 3 is 2.03 bits per heavy atom. The Kier molecular flexibility index (Phi) is 10.3. The molecule has 0 saturated heterocycles. The molecule has 0 saturated carbocycles. The van der Waals surface area contributed by atoms with E-state index in [0.717, 1.165) is 38.4 Å². The van der Waals surface area contributed by atoms with Crippen LogP contribution in [-0.2, 0) is 28.9 Å². The Bertz CT molecular complexity index is 1050. The van der Waals surface area contributed by atoms with Crippen molar-refractivity contribution in [2.45, 2.75) is 50.8 Å². The number of carbonyl (C=O) groups is 2. The number of hydrogen-bond acceptors (Lipinski definition) is 6. The molecule has 0 unspecified atom stereocenters. The number of sulfone groups is 1. The average Bonchev–Trinajstić information content (AvgIpc) is 2.78. The van der Waals surface area contributed by atoms with Crippen molar-refractivity contribution < 1.29 is 27.5 Å². The van der Waals surface area contributed by atoms with Crippen molar-refractivity contribution in [3.8, 4) is 0 Å². The first-order valence-corrected chi connectivity index (χ1v) is 13.0. The highest BCUT2D eigenvalue weighted by Gasteiger charge is 2.22. The highest BCUT2D eigenvalue weighted by molar-refractivity contribution is 7.90. The number of ether oxygens (including phenoxy) is 2. The van der Waals surface area contributed by atoms with Crippen LogP contribution in [0.5, 0.6) is 0 Å². The average molecular weight is 473 g/mol. The predicted octanol–water partition coefficient (Wildman–Crippen LogP) is 5.08. The lowest BCUT2D eigenvalue weighted by Crippen LogP contribution is -2.14. The molecule has 0 radical (unpaired) electrons. The van der Waals surface area contributed by atoms with E-state index in [4.69, 9.17) is 9.47 Å². The fourth-order valence-electron chi connectivity index (χ4n) is 3.34. The molecule has 0 aliphatic carbocycles. The minimum Gasteiger partial charge on any atom is -0.462 e. The number of benzene rings is 2. The Balaban J connectivity index is 2.45. The van der Waals surface area contributed by atoms with E-state index in [2.05, 4.69) is 6.92 Å². The summed E-state index contributed by atoms with van der Waals surface area (Å²) in [5.41, 5.74) is 1.94. The zero-order valence-corrected chi connectivity index (χ0v) is 20.3. The van der Waals surface area contributed by atoms with Crippen LogP contribution in [0.4, 0.5) is 0 Å². The number of esters is 2.